The highest BCUT2D eigenvalue weighted by atomic mass is 16.6. The molecule has 7 unspecified atom stereocenters. The second-order valence-electron chi connectivity index (χ2n) is 8.71. The Balaban J connectivity index is 1.69. The largest absolute Gasteiger partial charge is 0.508 e. The van der Waals surface area contributed by atoms with Gasteiger partial charge in [0.25, 0.3) is 0 Å². The van der Waals surface area contributed by atoms with E-state index in [1.807, 2.05) is 0 Å². The molecule has 5 nitrogen and oxygen atoms in total. The summed E-state index contributed by atoms with van der Waals surface area (Å²) in [7, 11) is 0. The average Bonchev–Trinajstić information content (AvgIpc) is 3.13. The van der Waals surface area contributed by atoms with Crippen LogP contribution in [0.15, 0.2) is 24.3 Å². The van der Waals surface area contributed by atoms with Crippen LogP contribution in [0.3, 0.4) is 0 Å². The number of esters is 1. The fraction of sp³-hybridized carbons (Fsp3) is 0.571. The van der Waals surface area contributed by atoms with Gasteiger partial charge in [-0.3, -0.25) is 4.79 Å². The Hall–Kier alpha value is -2.01. The fourth-order valence-corrected chi connectivity index (χ4v) is 7.23. The molecule has 5 heteroatoms. The summed E-state index contributed by atoms with van der Waals surface area (Å²) in [4.78, 5) is 12.7. The summed E-state index contributed by atoms with van der Waals surface area (Å²) in [5, 5.41) is 21.3. The van der Waals surface area contributed by atoms with E-state index in [1.54, 1.807) is 0 Å². The lowest BCUT2D eigenvalue weighted by molar-refractivity contribution is -0.145. The number of aromatic hydroxyl groups is 2. The number of hydrogen-bond donors (Lipinski definition) is 2. The first-order valence-electron chi connectivity index (χ1n) is 9.58. The van der Waals surface area contributed by atoms with Gasteiger partial charge in [-0.1, -0.05) is 6.58 Å². The zero-order valence-electron chi connectivity index (χ0n) is 14.5. The van der Waals surface area contributed by atoms with Gasteiger partial charge in [-0.05, 0) is 55.2 Å². The van der Waals surface area contributed by atoms with Gasteiger partial charge < -0.3 is 19.7 Å². The molecule has 0 radical (unpaired) electrons. The standard InChI is InChI=1S/C21H22O5/c1-9-8-25-19-16-14(23)5-4-13(22)15(16)18-17-11(20(24)26-18)2-3-12-10(9)6-7-21(12,17)19/h4-5,10-12,17-19,22-23H,1-3,6-8H2. The number of benzene rings is 1. The van der Waals surface area contributed by atoms with Crippen LogP contribution in [-0.4, -0.2) is 22.8 Å². The summed E-state index contributed by atoms with van der Waals surface area (Å²) in [5.74, 6) is 0.727. The lowest BCUT2D eigenvalue weighted by Gasteiger charge is -2.54. The van der Waals surface area contributed by atoms with Crippen LogP contribution in [0, 0.1) is 29.1 Å². The van der Waals surface area contributed by atoms with Crippen LogP contribution < -0.4 is 0 Å². The molecule has 5 aliphatic rings. The van der Waals surface area contributed by atoms with Gasteiger partial charge in [0.2, 0.25) is 0 Å². The molecule has 1 aromatic rings. The Morgan fingerprint density at radius 2 is 1.85 bits per heavy atom. The second kappa shape index (κ2) is 4.63. The average molecular weight is 354 g/mol. The second-order valence-corrected chi connectivity index (χ2v) is 8.71. The quantitative estimate of drug-likeness (QED) is 0.424. The first kappa shape index (κ1) is 15.1. The van der Waals surface area contributed by atoms with E-state index in [4.69, 9.17) is 9.47 Å². The van der Waals surface area contributed by atoms with Crippen molar-refractivity contribution in [2.75, 3.05) is 6.61 Å². The molecule has 2 heterocycles. The normalized spacial score (nSPS) is 44.9. The number of fused-ring (bicyclic) bond motifs is 3. The Morgan fingerprint density at radius 3 is 2.65 bits per heavy atom. The minimum atomic E-state index is -0.484. The van der Waals surface area contributed by atoms with Crippen LogP contribution in [0.25, 0.3) is 0 Å². The van der Waals surface area contributed by atoms with E-state index in [9.17, 15) is 15.0 Å². The molecule has 1 aromatic carbocycles. The zero-order valence-corrected chi connectivity index (χ0v) is 14.5. The van der Waals surface area contributed by atoms with Gasteiger partial charge in [-0.25, -0.2) is 0 Å². The highest BCUT2D eigenvalue weighted by molar-refractivity contribution is 5.77. The summed E-state index contributed by atoms with van der Waals surface area (Å²) in [6.45, 7) is 4.76. The van der Waals surface area contributed by atoms with E-state index in [0.717, 1.165) is 31.3 Å². The number of phenolic OH excluding ortho intramolecular Hbond substituents is 2. The van der Waals surface area contributed by atoms with Crippen LogP contribution in [0.5, 0.6) is 11.5 Å². The molecule has 2 saturated carbocycles. The van der Waals surface area contributed by atoms with Gasteiger partial charge in [-0.2, -0.15) is 0 Å². The molecule has 2 saturated heterocycles. The SMILES string of the molecule is C=C1COC2c3c(O)ccc(O)c3C3OC(=O)C4CCC5C1CCC25C43. The van der Waals surface area contributed by atoms with Crippen LogP contribution in [0.1, 0.15) is 49.0 Å². The first-order valence-corrected chi connectivity index (χ1v) is 9.58. The van der Waals surface area contributed by atoms with Crippen molar-refractivity contribution >= 4 is 5.97 Å². The maximum Gasteiger partial charge on any atom is 0.310 e. The van der Waals surface area contributed by atoms with Crippen molar-refractivity contribution < 1.29 is 24.5 Å². The van der Waals surface area contributed by atoms with Crippen molar-refractivity contribution in [1.82, 2.24) is 0 Å². The lowest BCUT2D eigenvalue weighted by atomic mass is 9.49. The van der Waals surface area contributed by atoms with E-state index in [1.165, 1.54) is 12.1 Å². The van der Waals surface area contributed by atoms with Gasteiger partial charge >= 0.3 is 5.97 Å². The van der Waals surface area contributed by atoms with E-state index in [0.29, 0.717) is 29.6 Å². The first-order chi connectivity index (χ1) is 12.5. The minimum absolute atomic E-state index is 0.00912. The number of ether oxygens (including phenoxy) is 2. The minimum Gasteiger partial charge on any atom is -0.508 e. The summed E-state index contributed by atoms with van der Waals surface area (Å²) >= 11 is 0. The summed E-state index contributed by atoms with van der Waals surface area (Å²) in [6.07, 6.45) is 3.01. The van der Waals surface area contributed by atoms with Crippen molar-refractivity contribution in [1.29, 1.82) is 0 Å². The predicted octanol–water partition coefficient (Wildman–Crippen LogP) is 3.38. The Kier molecular flexibility index (Phi) is 2.69. The highest BCUT2D eigenvalue weighted by Crippen LogP contribution is 2.75. The van der Waals surface area contributed by atoms with Crippen molar-refractivity contribution in [2.24, 2.45) is 29.1 Å². The van der Waals surface area contributed by atoms with Gasteiger partial charge in [0.1, 0.15) is 17.6 Å². The molecule has 2 N–H and O–H groups in total. The number of carbonyl (C=O) groups excluding carboxylic acids is 1. The van der Waals surface area contributed by atoms with Crippen LogP contribution in [0.4, 0.5) is 0 Å². The van der Waals surface area contributed by atoms with Gasteiger partial charge in [0, 0.05) is 22.5 Å². The van der Waals surface area contributed by atoms with Crippen molar-refractivity contribution in [2.45, 2.75) is 37.9 Å². The van der Waals surface area contributed by atoms with E-state index < -0.39 is 6.10 Å². The summed E-state index contributed by atoms with van der Waals surface area (Å²) in [5.41, 5.74) is 2.09. The maximum absolute atomic E-state index is 12.7. The number of hydrogen-bond acceptors (Lipinski definition) is 5. The fourth-order valence-electron chi connectivity index (χ4n) is 7.23. The topological polar surface area (TPSA) is 76.0 Å². The molecule has 0 amide bonds. The third-order valence-corrected chi connectivity index (χ3v) is 8.01. The molecular formula is C21H22O5. The van der Waals surface area contributed by atoms with E-state index in [-0.39, 0.29) is 40.8 Å². The Labute approximate surface area is 151 Å². The van der Waals surface area contributed by atoms with Gasteiger partial charge in [0.15, 0.2) is 0 Å². The third-order valence-electron chi connectivity index (χ3n) is 8.01. The van der Waals surface area contributed by atoms with Crippen LogP contribution in [0.2, 0.25) is 0 Å². The molecule has 26 heavy (non-hydrogen) atoms. The molecule has 2 aliphatic heterocycles. The van der Waals surface area contributed by atoms with Crippen molar-refractivity contribution in [3.63, 3.8) is 0 Å². The highest BCUT2D eigenvalue weighted by Gasteiger charge is 2.71. The van der Waals surface area contributed by atoms with Crippen LogP contribution >= 0.6 is 0 Å². The molecule has 4 fully saturated rings. The Morgan fingerprint density at radius 1 is 1.08 bits per heavy atom. The number of rotatable bonds is 0. The van der Waals surface area contributed by atoms with Crippen molar-refractivity contribution in [3.05, 3.63) is 35.4 Å². The Bertz CT molecular complexity index is 860. The molecule has 3 aliphatic carbocycles. The number of phenols is 2. The molecule has 7 atom stereocenters. The monoisotopic (exact) mass is 354 g/mol. The maximum atomic E-state index is 12.7. The van der Waals surface area contributed by atoms with E-state index >= 15 is 0 Å². The number of carbonyl (C=O) groups is 1. The lowest BCUT2D eigenvalue weighted by Crippen LogP contribution is -2.51. The molecule has 0 aromatic heterocycles. The third kappa shape index (κ3) is 1.48. The van der Waals surface area contributed by atoms with Crippen molar-refractivity contribution in [3.8, 4) is 11.5 Å². The molecular weight excluding hydrogens is 332 g/mol. The van der Waals surface area contributed by atoms with Gasteiger partial charge in [0.05, 0.1) is 18.6 Å². The molecule has 136 valence electrons. The molecule has 6 rings (SSSR count). The zero-order chi connectivity index (χ0) is 17.8. The van der Waals surface area contributed by atoms with E-state index in [2.05, 4.69) is 6.58 Å². The smallest absolute Gasteiger partial charge is 0.310 e. The predicted molar refractivity (Wildman–Crippen MR) is 91.3 cm³/mol. The van der Waals surface area contributed by atoms with Gasteiger partial charge in [-0.15, -0.1) is 0 Å². The molecule has 2 bridgehead atoms. The summed E-state index contributed by atoms with van der Waals surface area (Å²) in [6, 6.07) is 3.01. The molecule has 1 spiro atoms. The summed E-state index contributed by atoms with van der Waals surface area (Å²) < 4.78 is 12.2. The van der Waals surface area contributed by atoms with Crippen LogP contribution in [-0.2, 0) is 14.3 Å².